The monoisotopic (exact) mass is 364 g/mol. The Morgan fingerprint density at radius 3 is 2.33 bits per heavy atom. The number of hydrogen-bond donors (Lipinski definition) is 0. The third-order valence-corrected chi connectivity index (χ3v) is 3.18. The van der Waals surface area contributed by atoms with Crippen molar-refractivity contribution < 1.29 is 36.6 Å². The summed E-state index contributed by atoms with van der Waals surface area (Å²) in [5.41, 5.74) is -0.241. The predicted molar refractivity (Wildman–Crippen MR) is 76.5 cm³/mol. The van der Waals surface area contributed by atoms with E-state index in [0.29, 0.717) is 6.29 Å². The fraction of sp³-hybridized carbons (Fsp3) is 0.133. The molecular formula is C15H9ClF4O4. The number of carbonyl (C=O) groups excluding carboxylic acids is 1. The van der Waals surface area contributed by atoms with Crippen molar-refractivity contribution >= 4 is 17.9 Å². The molecule has 0 atom stereocenters. The van der Waals surface area contributed by atoms with Crippen LogP contribution in [0, 0.1) is 5.82 Å². The second kappa shape index (κ2) is 6.96. The average molecular weight is 365 g/mol. The molecule has 9 heteroatoms. The van der Waals surface area contributed by atoms with Crippen molar-refractivity contribution in [3.63, 3.8) is 0 Å². The van der Waals surface area contributed by atoms with E-state index in [2.05, 4.69) is 4.74 Å². The van der Waals surface area contributed by atoms with Gasteiger partial charge in [-0.3, -0.25) is 4.79 Å². The van der Waals surface area contributed by atoms with E-state index in [1.54, 1.807) is 0 Å². The summed E-state index contributed by atoms with van der Waals surface area (Å²) in [5, 5.41) is -0.432. The van der Waals surface area contributed by atoms with E-state index in [1.165, 1.54) is 7.11 Å². The first-order valence-corrected chi connectivity index (χ1v) is 6.67. The van der Waals surface area contributed by atoms with E-state index in [1.807, 2.05) is 0 Å². The van der Waals surface area contributed by atoms with Crippen molar-refractivity contribution in [3.8, 4) is 23.0 Å². The van der Waals surface area contributed by atoms with Crippen LogP contribution in [0.1, 0.15) is 10.4 Å². The Bertz CT molecular complexity index is 762. The molecule has 0 aromatic heterocycles. The molecule has 0 saturated carbocycles. The van der Waals surface area contributed by atoms with Gasteiger partial charge in [-0.05, 0) is 24.3 Å². The molecule has 0 saturated heterocycles. The van der Waals surface area contributed by atoms with Crippen LogP contribution >= 0.6 is 11.6 Å². The Balaban J connectivity index is 2.37. The summed E-state index contributed by atoms with van der Waals surface area (Å²) in [5.74, 6) is -1.52. The molecule has 0 aliphatic heterocycles. The van der Waals surface area contributed by atoms with Crippen molar-refractivity contribution in [3.05, 3.63) is 46.7 Å². The number of alkyl halides is 3. The van der Waals surface area contributed by atoms with Gasteiger partial charge in [-0.15, -0.1) is 13.2 Å². The molecule has 4 nitrogen and oxygen atoms in total. The minimum atomic E-state index is -4.86. The quantitative estimate of drug-likeness (QED) is 0.554. The summed E-state index contributed by atoms with van der Waals surface area (Å²) < 4.78 is 64.1. The van der Waals surface area contributed by atoms with Crippen LogP contribution in [0.25, 0.3) is 0 Å². The van der Waals surface area contributed by atoms with Crippen LogP contribution in [0.15, 0.2) is 30.3 Å². The lowest BCUT2D eigenvalue weighted by molar-refractivity contribution is -0.274. The van der Waals surface area contributed by atoms with Crippen LogP contribution in [-0.4, -0.2) is 19.8 Å². The topological polar surface area (TPSA) is 44.8 Å². The molecule has 0 unspecified atom stereocenters. The Hall–Kier alpha value is -2.48. The highest BCUT2D eigenvalue weighted by Gasteiger charge is 2.31. The first-order valence-electron chi connectivity index (χ1n) is 6.30. The summed E-state index contributed by atoms with van der Waals surface area (Å²) in [6, 6.07) is 5.24. The minimum absolute atomic E-state index is 0.0159. The Morgan fingerprint density at radius 1 is 1.08 bits per heavy atom. The molecule has 0 N–H and O–H groups in total. The fourth-order valence-electron chi connectivity index (χ4n) is 1.80. The summed E-state index contributed by atoms with van der Waals surface area (Å²) in [7, 11) is 1.21. The number of methoxy groups -OCH3 is 1. The number of aldehydes is 1. The van der Waals surface area contributed by atoms with Crippen molar-refractivity contribution in [1.29, 1.82) is 0 Å². The van der Waals surface area contributed by atoms with Gasteiger partial charge in [0.25, 0.3) is 0 Å². The lowest BCUT2D eigenvalue weighted by Gasteiger charge is -2.14. The van der Waals surface area contributed by atoms with Gasteiger partial charge in [0.2, 0.25) is 0 Å². The lowest BCUT2D eigenvalue weighted by Crippen LogP contribution is -2.17. The van der Waals surface area contributed by atoms with Gasteiger partial charge in [0, 0.05) is 6.07 Å². The Morgan fingerprint density at radius 2 is 1.75 bits per heavy atom. The van der Waals surface area contributed by atoms with E-state index in [4.69, 9.17) is 21.1 Å². The minimum Gasteiger partial charge on any atom is -0.493 e. The number of halogens is 5. The van der Waals surface area contributed by atoms with Crippen LogP contribution in [-0.2, 0) is 0 Å². The van der Waals surface area contributed by atoms with Crippen LogP contribution in [0.4, 0.5) is 17.6 Å². The molecule has 128 valence electrons. The number of ether oxygens (including phenoxy) is 3. The van der Waals surface area contributed by atoms with Crippen LogP contribution in [0.5, 0.6) is 23.0 Å². The summed E-state index contributed by atoms with van der Waals surface area (Å²) >= 11 is 5.67. The maximum absolute atomic E-state index is 13.3. The highest BCUT2D eigenvalue weighted by molar-refractivity contribution is 6.33. The number of hydrogen-bond acceptors (Lipinski definition) is 4. The average Bonchev–Trinajstić information content (AvgIpc) is 2.51. The lowest BCUT2D eigenvalue weighted by atomic mass is 10.2. The maximum Gasteiger partial charge on any atom is 0.573 e. The molecule has 0 aliphatic rings. The van der Waals surface area contributed by atoms with Crippen LogP contribution < -0.4 is 14.2 Å². The van der Waals surface area contributed by atoms with Gasteiger partial charge < -0.3 is 14.2 Å². The molecule has 0 amide bonds. The largest absolute Gasteiger partial charge is 0.573 e. The van der Waals surface area contributed by atoms with Crippen molar-refractivity contribution in [2.45, 2.75) is 6.36 Å². The second-order valence-electron chi connectivity index (χ2n) is 4.35. The van der Waals surface area contributed by atoms with Crippen molar-refractivity contribution in [2.75, 3.05) is 7.11 Å². The zero-order valence-electron chi connectivity index (χ0n) is 12.0. The molecule has 0 radical (unpaired) electrons. The molecule has 0 fully saturated rings. The molecule has 0 spiro atoms. The van der Waals surface area contributed by atoms with Crippen molar-refractivity contribution in [2.24, 2.45) is 0 Å². The summed E-state index contributed by atoms with van der Waals surface area (Å²) in [6.07, 6.45) is -4.56. The van der Waals surface area contributed by atoms with Gasteiger partial charge in [-0.1, -0.05) is 11.6 Å². The standard InChI is InChI=1S/C15H9ClF4O4/c1-22-13-6-8(24-15(18,19)20)2-4-12(13)23-11-5-3-10(17)14(16)9(11)7-21/h2-7H,1H3. The number of benzene rings is 2. The molecule has 2 aromatic carbocycles. The summed E-state index contributed by atoms with van der Waals surface area (Å²) in [6.45, 7) is 0. The molecule has 0 aliphatic carbocycles. The first kappa shape index (κ1) is 17.9. The van der Waals surface area contributed by atoms with Crippen LogP contribution in [0.2, 0.25) is 5.02 Å². The molecule has 24 heavy (non-hydrogen) atoms. The Kier molecular flexibility index (Phi) is 5.18. The predicted octanol–water partition coefficient (Wildman–Crippen LogP) is 4.99. The molecular weight excluding hydrogens is 356 g/mol. The van der Waals surface area contributed by atoms with Gasteiger partial charge in [0.15, 0.2) is 17.8 Å². The highest BCUT2D eigenvalue weighted by atomic mass is 35.5. The van der Waals surface area contributed by atoms with Crippen LogP contribution in [0.3, 0.4) is 0 Å². The van der Waals surface area contributed by atoms with Gasteiger partial charge in [0.1, 0.15) is 17.3 Å². The fourth-order valence-corrected chi connectivity index (χ4v) is 2.00. The zero-order valence-corrected chi connectivity index (χ0v) is 12.7. The smallest absolute Gasteiger partial charge is 0.493 e. The van der Waals surface area contributed by atoms with Gasteiger partial charge >= 0.3 is 6.36 Å². The van der Waals surface area contributed by atoms with Gasteiger partial charge in [-0.25, -0.2) is 4.39 Å². The van der Waals surface area contributed by atoms with E-state index in [0.717, 1.165) is 30.3 Å². The van der Waals surface area contributed by atoms with E-state index in [9.17, 15) is 22.4 Å². The summed E-state index contributed by atoms with van der Waals surface area (Å²) in [4.78, 5) is 11.0. The third kappa shape index (κ3) is 4.08. The molecule has 2 aromatic rings. The first-order chi connectivity index (χ1) is 11.2. The van der Waals surface area contributed by atoms with Gasteiger partial charge in [0.05, 0.1) is 17.7 Å². The third-order valence-electron chi connectivity index (χ3n) is 2.80. The number of carbonyl (C=O) groups is 1. The normalized spacial score (nSPS) is 11.1. The van der Waals surface area contributed by atoms with Crippen molar-refractivity contribution in [1.82, 2.24) is 0 Å². The Labute approximate surface area is 138 Å². The molecule has 0 bridgehead atoms. The SMILES string of the molecule is COc1cc(OC(F)(F)F)ccc1Oc1ccc(F)c(Cl)c1C=O. The van der Waals surface area contributed by atoms with E-state index >= 15 is 0 Å². The second-order valence-corrected chi connectivity index (χ2v) is 4.73. The molecule has 2 rings (SSSR count). The molecule has 0 heterocycles. The maximum atomic E-state index is 13.3. The number of rotatable bonds is 5. The van der Waals surface area contributed by atoms with Gasteiger partial charge in [-0.2, -0.15) is 0 Å². The van der Waals surface area contributed by atoms with E-state index < -0.39 is 23.0 Å². The highest BCUT2D eigenvalue weighted by Crippen LogP contribution is 2.38. The zero-order chi connectivity index (χ0) is 17.9. The van der Waals surface area contributed by atoms with E-state index in [-0.39, 0.29) is 22.8 Å².